The second-order valence-corrected chi connectivity index (χ2v) is 6.15. The summed E-state index contributed by atoms with van der Waals surface area (Å²) in [7, 11) is 0. The molecule has 0 radical (unpaired) electrons. The molecule has 0 saturated carbocycles. The van der Waals surface area contributed by atoms with Crippen molar-refractivity contribution in [2.75, 3.05) is 29.9 Å². The van der Waals surface area contributed by atoms with Gasteiger partial charge in [-0.05, 0) is 31.4 Å². The lowest BCUT2D eigenvalue weighted by Crippen LogP contribution is -2.25. The van der Waals surface area contributed by atoms with Crippen LogP contribution in [0.4, 0.5) is 11.6 Å². The topological polar surface area (TPSA) is 75.7 Å². The van der Waals surface area contributed by atoms with Crippen LogP contribution in [0.2, 0.25) is 0 Å². The fourth-order valence-electron chi connectivity index (χ4n) is 3.10. The van der Waals surface area contributed by atoms with Gasteiger partial charge in [-0.25, -0.2) is 9.97 Å². The molecule has 0 aromatic carbocycles. The number of pyridine rings is 1. The maximum absolute atomic E-state index is 12.1. The summed E-state index contributed by atoms with van der Waals surface area (Å²) >= 11 is 0. The third-order valence-electron chi connectivity index (χ3n) is 4.30. The molecule has 4 rings (SSSR count). The van der Waals surface area contributed by atoms with Crippen LogP contribution in [-0.4, -0.2) is 34.2 Å². The van der Waals surface area contributed by atoms with Gasteiger partial charge in [-0.3, -0.25) is 4.79 Å². The van der Waals surface area contributed by atoms with Gasteiger partial charge in [0, 0.05) is 38.0 Å². The van der Waals surface area contributed by atoms with Crippen LogP contribution in [0.5, 0.6) is 0 Å². The normalized spacial score (nSPS) is 17.5. The molecular weight excluding hydrogens is 306 g/mol. The van der Waals surface area contributed by atoms with Crippen LogP contribution in [0.25, 0.3) is 5.65 Å². The number of hydrogen-bond acceptors (Lipinski definition) is 6. The maximum atomic E-state index is 12.1. The fraction of sp³-hybridized carbons (Fsp3) is 0.353. The number of aryl methyl sites for hydroxylation is 1. The Bertz CT molecular complexity index is 902. The molecule has 0 amide bonds. The number of aromatic nitrogens is 3. The lowest BCUT2D eigenvalue weighted by atomic mass is 10.1. The second kappa shape index (κ2) is 5.99. The Balaban J connectivity index is 1.45. The van der Waals surface area contributed by atoms with E-state index in [1.165, 1.54) is 4.57 Å². The van der Waals surface area contributed by atoms with E-state index in [9.17, 15) is 4.79 Å². The predicted molar refractivity (Wildman–Crippen MR) is 91.5 cm³/mol. The molecule has 1 saturated heterocycles. The zero-order valence-electron chi connectivity index (χ0n) is 13.5. The van der Waals surface area contributed by atoms with Gasteiger partial charge < -0.3 is 14.7 Å². The van der Waals surface area contributed by atoms with E-state index in [-0.39, 0.29) is 5.56 Å². The maximum Gasteiger partial charge on any atom is 0.289 e. The number of nitrogens with one attached hydrogen (secondary N) is 1. The van der Waals surface area contributed by atoms with Crippen molar-refractivity contribution in [3.05, 3.63) is 52.6 Å². The Morgan fingerprint density at radius 3 is 3.12 bits per heavy atom. The van der Waals surface area contributed by atoms with Crippen molar-refractivity contribution in [1.29, 1.82) is 0 Å². The first-order valence-electron chi connectivity index (χ1n) is 8.09. The van der Waals surface area contributed by atoms with Crippen LogP contribution in [0.3, 0.4) is 0 Å². The van der Waals surface area contributed by atoms with Gasteiger partial charge in [0.1, 0.15) is 17.4 Å². The fourth-order valence-corrected chi connectivity index (χ4v) is 3.10. The molecule has 1 atom stereocenters. The molecule has 7 heteroatoms. The van der Waals surface area contributed by atoms with Crippen molar-refractivity contribution in [1.82, 2.24) is 14.5 Å². The van der Waals surface area contributed by atoms with Crippen LogP contribution in [0, 0.1) is 12.8 Å². The number of nitrogens with zero attached hydrogens (tertiary/aromatic N) is 4. The van der Waals surface area contributed by atoms with Crippen molar-refractivity contribution in [2.45, 2.75) is 13.3 Å². The summed E-state index contributed by atoms with van der Waals surface area (Å²) in [6.45, 7) is 4.44. The Morgan fingerprint density at radius 2 is 2.29 bits per heavy atom. The van der Waals surface area contributed by atoms with Gasteiger partial charge >= 0.3 is 0 Å². The summed E-state index contributed by atoms with van der Waals surface area (Å²) in [5.41, 5.74) is 0.378. The first kappa shape index (κ1) is 14.7. The molecule has 7 nitrogen and oxygen atoms in total. The van der Waals surface area contributed by atoms with E-state index in [2.05, 4.69) is 20.2 Å². The van der Waals surface area contributed by atoms with Gasteiger partial charge in [0.25, 0.3) is 5.56 Å². The molecule has 3 aromatic rings. The van der Waals surface area contributed by atoms with E-state index in [0.29, 0.717) is 17.3 Å². The molecule has 24 heavy (non-hydrogen) atoms. The molecule has 0 spiro atoms. The molecule has 0 bridgehead atoms. The Hall–Kier alpha value is -2.83. The smallest absolute Gasteiger partial charge is 0.289 e. The lowest BCUT2D eigenvalue weighted by molar-refractivity contribution is 0.345. The monoisotopic (exact) mass is 325 g/mol. The van der Waals surface area contributed by atoms with Gasteiger partial charge in [0.15, 0.2) is 5.65 Å². The molecule has 1 fully saturated rings. The average Bonchev–Trinajstić information content (AvgIpc) is 3.20. The van der Waals surface area contributed by atoms with Crippen LogP contribution < -0.4 is 15.8 Å². The van der Waals surface area contributed by atoms with Gasteiger partial charge in [0.05, 0.1) is 0 Å². The second-order valence-electron chi connectivity index (χ2n) is 6.15. The van der Waals surface area contributed by atoms with Crippen molar-refractivity contribution >= 4 is 17.3 Å². The van der Waals surface area contributed by atoms with E-state index in [1.54, 1.807) is 18.3 Å². The molecule has 1 N–H and O–H groups in total. The minimum atomic E-state index is -0.182. The number of anilines is 2. The predicted octanol–water partition coefficient (Wildman–Crippen LogP) is 1.93. The number of rotatable bonds is 4. The zero-order valence-corrected chi connectivity index (χ0v) is 13.5. The van der Waals surface area contributed by atoms with E-state index in [0.717, 1.165) is 37.7 Å². The summed E-state index contributed by atoms with van der Waals surface area (Å²) in [4.78, 5) is 23.1. The molecule has 0 aliphatic carbocycles. The highest BCUT2D eigenvalue weighted by Gasteiger charge is 2.24. The number of hydrogen-bond donors (Lipinski definition) is 1. The Labute approximate surface area is 138 Å². The van der Waals surface area contributed by atoms with Gasteiger partial charge in [-0.2, -0.15) is 0 Å². The van der Waals surface area contributed by atoms with Crippen molar-refractivity contribution < 1.29 is 4.52 Å². The van der Waals surface area contributed by atoms with Crippen LogP contribution in [-0.2, 0) is 0 Å². The molecule has 124 valence electrons. The summed E-state index contributed by atoms with van der Waals surface area (Å²) < 4.78 is 6.56. The SMILES string of the molecule is Cc1cc2nc(N3CC[C@H](CNc4ccccn4)C3)cc(=O)n2o1. The minimum absolute atomic E-state index is 0.182. The average molecular weight is 325 g/mol. The highest BCUT2D eigenvalue weighted by atomic mass is 16.5. The Kier molecular flexibility index (Phi) is 3.68. The van der Waals surface area contributed by atoms with Crippen LogP contribution in [0.15, 0.2) is 45.8 Å². The third-order valence-corrected chi connectivity index (χ3v) is 4.30. The largest absolute Gasteiger partial charge is 0.375 e. The van der Waals surface area contributed by atoms with E-state index >= 15 is 0 Å². The quantitative estimate of drug-likeness (QED) is 0.790. The molecule has 0 unspecified atom stereocenters. The molecule has 4 heterocycles. The standard InChI is InChI=1S/C17H19N5O2/c1-12-8-16-20-15(9-17(23)22(16)24-12)21-7-5-13(11-21)10-19-14-4-2-3-6-18-14/h2-4,6,8-9,13H,5,7,10-11H2,1H3,(H,18,19)/t13-/m1/s1. The minimum Gasteiger partial charge on any atom is -0.375 e. The summed E-state index contributed by atoms with van der Waals surface area (Å²) in [5.74, 6) is 2.79. The van der Waals surface area contributed by atoms with Gasteiger partial charge in [0.2, 0.25) is 0 Å². The van der Waals surface area contributed by atoms with Crippen LogP contribution >= 0.6 is 0 Å². The molecular formula is C17H19N5O2. The molecule has 1 aliphatic heterocycles. The molecule has 3 aromatic heterocycles. The summed E-state index contributed by atoms with van der Waals surface area (Å²) in [5, 5.41) is 3.36. The van der Waals surface area contributed by atoms with Crippen molar-refractivity contribution in [2.24, 2.45) is 5.92 Å². The van der Waals surface area contributed by atoms with E-state index in [1.807, 2.05) is 25.1 Å². The number of fused-ring (bicyclic) bond motifs is 1. The van der Waals surface area contributed by atoms with Crippen molar-refractivity contribution in [3.8, 4) is 0 Å². The zero-order chi connectivity index (χ0) is 16.5. The summed E-state index contributed by atoms with van der Waals surface area (Å²) in [6, 6.07) is 9.16. The third kappa shape index (κ3) is 2.84. The summed E-state index contributed by atoms with van der Waals surface area (Å²) in [6.07, 6.45) is 2.84. The van der Waals surface area contributed by atoms with Crippen LogP contribution in [0.1, 0.15) is 12.2 Å². The molecule has 1 aliphatic rings. The first-order valence-corrected chi connectivity index (χ1v) is 8.09. The van der Waals surface area contributed by atoms with E-state index in [4.69, 9.17) is 4.52 Å². The van der Waals surface area contributed by atoms with Gasteiger partial charge in [-0.15, -0.1) is 4.57 Å². The highest BCUT2D eigenvalue weighted by Crippen LogP contribution is 2.22. The van der Waals surface area contributed by atoms with Gasteiger partial charge in [-0.1, -0.05) is 6.07 Å². The van der Waals surface area contributed by atoms with E-state index < -0.39 is 0 Å². The highest BCUT2D eigenvalue weighted by molar-refractivity contribution is 5.48. The Morgan fingerprint density at radius 1 is 1.38 bits per heavy atom. The lowest BCUT2D eigenvalue weighted by Gasteiger charge is -2.17. The first-order chi connectivity index (χ1) is 11.7. The van der Waals surface area contributed by atoms with Crippen molar-refractivity contribution in [3.63, 3.8) is 0 Å².